The van der Waals surface area contributed by atoms with Crippen LogP contribution in [0.1, 0.15) is 36.9 Å². The maximum atomic E-state index is 13.0. The van der Waals surface area contributed by atoms with Crippen LogP contribution in [-0.2, 0) is 9.53 Å². The van der Waals surface area contributed by atoms with E-state index in [-0.39, 0.29) is 12.0 Å². The molecule has 2 N–H and O–H groups in total. The molecule has 0 bridgehead atoms. The standard InChI is InChI=1S/C28H40N6O2/c1-4-36-28(35)27(23-7-11-24(12-8-23)31(2)3)34-15-13-26(14-16-34)33-19-17-32(18-20-33)25-9-5-22(6-10-25)21-30-29/h5-12,21,26-27H,4,13-20,29H2,1-3H3. The zero-order chi connectivity index (χ0) is 25.5. The number of piperazine rings is 1. The van der Waals surface area contributed by atoms with Crippen molar-refractivity contribution >= 4 is 23.6 Å². The zero-order valence-electron chi connectivity index (χ0n) is 21.8. The van der Waals surface area contributed by atoms with Crippen LogP contribution >= 0.6 is 0 Å². The molecule has 2 aromatic carbocycles. The highest BCUT2D eigenvalue weighted by atomic mass is 16.5. The highest BCUT2D eigenvalue weighted by Gasteiger charge is 2.34. The van der Waals surface area contributed by atoms with Gasteiger partial charge in [-0.2, -0.15) is 5.10 Å². The first-order chi connectivity index (χ1) is 17.5. The van der Waals surface area contributed by atoms with E-state index in [1.54, 1.807) is 6.21 Å². The smallest absolute Gasteiger partial charge is 0.327 e. The Morgan fingerprint density at radius 3 is 2.22 bits per heavy atom. The van der Waals surface area contributed by atoms with Crippen LogP contribution in [0.5, 0.6) is 0 Å². The second-order valence-electron chi connectivity index (χ2n) is 9.80. The summed E-state index contributed by atoms with van der Waals surface area (Å²) in [7, 11) is 4.05. The Kier molecular flexibility index (Phi) is 8.83. The summed E-state index contributed by atoms with van der Waals surface area (Å²) in [6.45, 7) is 8.23. The monoisotopic (exact) mass is 492 g/mol. The lowest BCUT2D eigenvalue weighted by molar-refractivity contribution is -0.150. The van der Waals surface area contributed by atoms with Crippen molar-refractivity contribution in [3.8, 4) is 0 Å². The van der Waals surface area contributed by atoms with E-state index in [1.807, 2.05) is 21.0 Å². The summed E-state index contributed by atoms with van der Waals surface area (Å²) in [5, 5.41) is 3.60. The molecule has 1 atom stereocenters. The topological polar surface area (TPSA) is 77.6 Å². The molecule has 2 aliphatic rings. The molecule has 0 saturated carbocycles. The van der Waals surface area contributed by atoms with Gasteiger partial charge in [0.1, 0.15) is 6.04 Å². The van der Waals surface area contributed by atoms with E-state index in [2.05, 4.69) is 73.2 Å². The Morgan fingerprint density at radius 1 is 1.03 bits per heavy atom. The summed E-state index contributed by atoms with van der Waals surface area (Å²) in [5.41, 5.74) is 4.40. The molecule has 1 unspecified atom stereocenters. The second kappa shape index (κ2) is 12.2. The van der Waals surface area contributed by atoms with Gasteiger partial charge in [0.25, 0.3) is 0 Å². The number of hydrogen-bond acceptors (Lipinski definition) is 8. The Morgan fingerprint density at radius 2 is 1.67 bits per heavy atom. The van der Waals surface area contributed by atoms with Crippen molar-refractivity contribution in [2.45, 2.75) is 31.8 Å². The summed E-state index contributed by atoms with van der Waals surface area (Å²) in [6.07, 6.45) is 3.80. The van der Waals surface area contributed by atoms with Crippen molar-refractivity contribution in [3.63, 3.8) is 0 Å². The maximum Gasteiger partial charge on any atom is 0.327 e. The van der Waals surface area contributed by atoms with Crippen molar-refractivity contribution in [3.05, 3.63) is 59.7 Å². The lowest BCUT2D eigenvalue weighted by atomic mass is 9.97. The Labute approximate surface area is 215 Å². The number of nitrogens with two attached hydrogens (primary N) is 1. The van der Waals surface area contributed by atoms with E-state index in [9.17, 15) is 4.79 Å². The molecule has 8 heteroatoms. The largest absolute Gasteiger partial charge is 0.465 e. The van der Waals surface area contributed by atoms with E-state index < -0.39 is 0 Å². The Bertz CT molecular complexity index is 992. The van der Waals surface area contributed by atoms with Crippen LogP contribution in [0.15, 0.2) is 53.6 Å². The first kappa shape index (κ1) is 26.0. The fourth-order valence-corrected chi connectivity index (χ4v) is 5.38. The molecule has 2 saturated heterocycles. The molecule has 2 aromatic rings. The lowest BCUT2D eigenvalue weighted by Gasteiger charge is -2.44. The number of rotatable bonds is 8. The van der Waals surface area contributed by atoms with E-state index in [4.69, 9.17) is 10.6 Å². The van der Waals surface area contributed by atoms with E-state index in [1.165, 1.54) is 5.69 Å². The highest BCUT2D eigenvalue weighted by molar-refractivity contribution is 5.80. The number of nitrogens with zero attached hydrogens (tertiary/aromatic N) is 5. The van der Waals surface area contributed by atoms with Crippen molar-refractivity contribution in [2.75, 3.05) is 69.8 Å². The summed E-state index contributed by atoms with van der Waals surface area (Å²) in [6, 6.07) is 16.9. The number of piperidine rings is 1. The minimum atomic E-state index is -0.341. The minimum absolute atomic E-state index is 0.147. The van der Waals surface area contributed by atoms with Crippen molar-refractivity contribution in [1.82, 2.24) is 9.80 Å². The molecule has 194 valence electrons. The number of esters is 1. The van der Waals surface area contributed by atoms with Gasteiger partial charge in [0.2, 0.25) is 0 Å². The van der Waals surface area contributed by atoms with Crippen LogP contribution in [0.3, 0.4) is 0 Å². The quantitative estimate of drug-likeness (QED) is 0.263. The van der Waals surface area contributed by atoms with Gasteiger partial charge in [-0.05, 0) is 55.2 Å². The third-order valence-electron chi connectivity index (χ3n) is 7.41. The third-order valence-corrected chi connectivity index (χ3v) is 7.41. The van der Waals surface area contributed by atoms with Gasteiger partial charge in [-0.1, -0.05) is 24.3 Å². The molecule has 4 rings (SSSR count). The number of ether oxygens (including phenoxy) is 1. The van der Waals surface area contributed by atoms with Crippen LogP contribution in [0, 0.1) is 0 Å². The van der Waals surface area contributed by atoms with Gasteiger partial charge in [0, 0.05) is 70.8 Å². The van der Waals surface area contributed by atoms with Gasteiger partial charge in [0.05, 0.1) is 12.8 Å². The number of likely N-dealkylation sites (tertiary alicyclic amines) is 1. The van der Waals surface area contributed by atoms with Gasteiger partial charge in [-0.25, -0.2) is 4.79 Å². The van der Waals surface area contributed by atoms with Crippen LogP contribution in [0.2, 0.25) is 0 Å². The summed E-state index contributed by atoms with van der Waals surface area (Å²) < 4.78 is 5.49. The number of carbonyl (C=O) groups excluding carboxylic acids is 1. The molecule has 0 amide bonds. The molecule has 2 heterocycles. The van der Waals surface area contributed by atoms with E-state index >= 15 is 0 Å². The van der Waals surface area contributed by atoms with Crippen molar-refractivity contribution < 1.29 is 9.53 Å². The normalized spacial score (nSPS) is 18.9. The van der Waals surface area contributed by atoms with Crippen molar-refractivity contribution in [2.24, 2.45) is 10.9 Å². The molecule has 2 aliphatic heterocycles. The number of benzene rings is 2. The molecule has 2 fully saturated rings. The average Bonchev–Trinajstić information content (AvgIpc) is 2.90. The number of carbonyl (C=O) groups is 1. The van der Waals surface area contributed by atoms with Gasteiger partial charge in [0.15, 0.2) is 0 Å². The maximum absolute atomic E-state index is 13.0. The predicted molar refractivity (Wildman–Crippen MR) is 147 cm³/mol. The number of hydrazone groups is 1. The lowest BCUT2D eigenvalue weighted by Crippen LogP contribution is -2.54. The van der Waals surface area contributed by atoms with E-state index in [0.717, 1.165) is 68.9 Å². The Balaban J connectivity index is 1.33. The summed E-state index contributed by atoms with van der Waals surface area (Å²) in [5.74, 6) is 5.10. The van der Waals surface area contributed by atoms with Gasteiger partial charge in [-0.15, -0.1) is 0 Å². The fourth-order valence-electron chi connectivity index (χ4n) is 5.38. The zero-order valence-corrected chi connectivity index (χ0v) is 21.8. The van der Waals surface area contributed by atoms with Gasteiger partial charge < -0.3 is 20.4 Å². The van der Waals surface area contributed by atoms with Gasteiger partial charge in [-0.3, -0.25) is 9.80 Å². The number of hydrogen-bond donors (Lipinski definition) is 1. The Hall–Kier alpha value is -3.10. The molecule has 0 spiro atoms. The highest BCUT2D eigenvalue weighted by Crippen LogP contribution is 2.29. The number of anilines is 2. The molecule has 36 heavy (non-hydrogen) atoms. The summed E-state index contributed by atoms with van der Waals surface area (Å²) >= 11 is 0. The van der Waals surface area contributed by atoms with Crippen molar-refractivity contribution in [1.29, 1.82) is 0 Å². The SMILES string of the molecule is CCOC(=O)C(c1ccc(N(C)C)cc1)N1CCC(N2CCN(c3ccc(C=NN)cc3)CC2)CC1. The molecule has 8 nitrogen and oxygen atoms in total. The third kappa shape index (κ3) is 6.17. The van der Waals surface area contributed by atoms with Gasteiger partial charge >= 0.3 is 5.97 Å². The fraction of sp³-hybridized carbons (Fsp3) is 0.500. The summed E-state index contributed by atoms with van der Waals surface area (Å²) in [4.78, 5) is 22.4. The minimum Gasteiger partial charge on any atom is -0.465 e. The molecule has 0 aliphatic carbocycles. The van der Waals surface area contributed by atoms with E-state index in [0.29, 0.717) is 12.6 Å². The average molecular weight is 493 g/mol. The van der Waals surface area contributed by atoms with Crippen LogP contribution < -0.4 is 15.6 Å². The first-order valence-corrected chi connectivity index (χ1v) is 13.0. The van der Waals surface area contributed by atoms with Crippen LogP contribution in [0.4, 0.5) is 11.4 Å². The molecule has 0 radical (unpaired) electrons. The predicted octanol–water partition coefficient (Wildman–Crippen LogP) is 2.94. The second-order valence-corrected chi connectivity index (χ2v) is 9.80. The molecular formula is C28H40N6O2. The first-order valence-electron chi connectivity index (χ1n) is 13.0. The molecular weight excluding hydrogens is 452 g/mol. The molecule has 0 aromatic heterocycles. The van der Waals surface area contributed by atoms with Crippen LogP contribution in [0.25, 0.3) is 0 Å². The van der Waals surface area contributed by atoms with Crippen LogP contribution in [-0.4, -0.2) is 88.0 Å².